The first-order valence-corrected chi connectivity index (χ1v) is 7.68. The molecule has 0 bridgehead atoms. The van der Waals surface area contributed by atoms with Gasteiger partial charge < -0.3 is 10.6 Å². The molecule has 0 atom stereocenters. The Morgan fingerprint density at radius 3 is 2.91 bits per heavy atom. The summed E-state index contributed by atoms with van der Waals surface area (Å²) in [6.07, 6.45) is 1.50. The second-order valence-corrected chi connectivity index (χ2v) is 5.50. The number of guanidine groups is 1. The van der Waals surface area contributed by atoms with E-state index in [-0.39, 0.29) is 12.4 Å². The van der Waals surface area contributed by atoms with Crippen molar-refractivity contribution in [2.24, 2.45) is 12.0 Å². The third-order valence-corrected chi connectivity index (χ3v) is 3.47. The van der Waals surface area contributed by atoms with Gasteiger partial charge in [0.2, 0.25) is 0 Å². The zero-order chi connectivity index (χ0) is 15.9. The van der Waals surface area contributed by atoms with E-state index in [1.165, 1.54) is 12.4 Å². The fourth-order valence-electron chi connectivity index (χ4n) is 1.81. The number of hydrogen-bond donors (Lipinski definition) is 2. The summed E-state index contributed by atoms with van der Waals surface area (Å²) in [5, 5.41) is 10.3. The number of benzene rings is 1. The highest BCUT2D eigenvalue weighted by molar-refractivity contribution is 9.10. The number of aliphatic imine (C=N–C) groups is 1. The molecule has 2 N–H and O–H groups in total. The molecule has 0 amide bonds. The number of aryl methyl sites for hydroxylation is 1. The molecular weight excluding hydrogens is 351 g/mol. The molecule has 0 unspecified atom stereocenters. The second-order valence-electron chi connectivity index (χ2n) is 4.58. The van der Waals surface area contributed by atoms with E-state index in [2.05, 4.69) is 41.6 Å². The van der Waals surface area contributed by atoms with Gasteiger partial charge in [0, 0.05) is 23.6 Å². The molecule has 0 aliphatic carbocycles. The van der Waals surface area contributed by atoms with Crippen LogP contribution in [0.2, 0.25) is 0 Å². The van der Waals surface area contributed by atoms with Crippen molar-refractivity contribution in [3.8, 4) is 0 Å². The number of aromatic nitrogens is 3. The van der Waals surface area contributed by atoms with Gasteiger partial charge in [-0.3, -0.25) is 4.68 Å². The summed E-state index contributed by atoms with van der Waals surface area (Å²) in [4.78, 5) is 8.52. The molecule has 1 aromatic carbocycles. The molecule has 6 nitrogen and oxygen atoms in total. The smallest absolute Gasteiger partial charge is 0.191 e. The van der Waals surface area contributed by atoms with Crippen LogP contribution in [0, 0.1) is 5.82 Å². The maximum absolute atomic E-state index is 13.7. The van der Waals surface area contributed by atoms with Crippen LogP contribution in [-0.2, 0) is 20.1 Å². The maximum Gasteiger partial charge on any atom is 0.191 e. The van der Waals surface area contributed by atoms with Gasteiger partial charge in [-0.15, -0.1) is 0 Å². The molecule has 0 radical (unpaired) electrons. The molecule has 2 rings (SSSR count). The Kier molecular flexibility index (Phi) is 5.88. The Balaban J connectivity index is 2.03. The topological polar surface area (TPSA) is 67.1 Å². The highest BCUT2D eigenvalue weighted by Crippen LogP contribution is 2.16. The fraction of sp³-hybridized carbons (Fsp3) is 0.357. The predicted molar refractivity (Wildman–Crippen MR) is 86.8 cm³/mol. The SMILES string of the molecule is CCNC(=NCc1cc(Br)ccc1F)NCc1ncnn1C. The summed E-state index contributed by atoms with van der Waals surface area (Å²) in [5.74, 6) is 1.13. The van der Waals surface area contributed by atoms with Crippen LogP contribution in [-0.4, -0.2) is 27.3 Å². The summed E-state index contributed by atoms with van der Waals surface area (Å²) in [6.45, 7) is 3.42. The molecule has 0 saturated heterocycles. The van der Waals surface area contributed by atoms with Crippen molar-refractivity contribution in [3.05, 3.63) is 46.2 Å². The van der Waals surface area contributed by atoms with Crippen molar-refractivity contribution in [1.29, 1.82) is 0 Å². The molecular formula is C14H18BrFN6. The Hall–Kier alpha value is -1.96. The number of hydrogen-bond acceptors (Lipinski definition) is 3. The van der Waals surface area contributed by atoms with Crippen LogP contribution in [0.1, 0.15) is 18.3 Å². The quantitative estimate of drug-likeness (QED) is 0.625. The summed E-state index contributed by atoms with van der Waals surface area (Å²) in [7, 11) is 1.82. The van der Waals surface area contributed by atoms with E-state index >= 15 is 0 Å². The van der Waals surface area contributed by atoms with E-state index in [9.17, 15) is 4.39 Å². The molecule has 22 heavy (non-hydrogen) atoms. The van der Waals surface area contributed by atoms with Crippen LogP contribution in [0.4, 0.5) is 4.39 Å². The van der Waals surface area contributed by atoms with E-state index in [4.69, 9.17) is 0 Å². The van der Waals surface area contributed by atoms with Crippen LogP contribution in [0.3, 0.4) is 0 Å². The molecule has 0 aliphatic rings. The van der Waals surface area contributed by atoms with Crippen molar-refractivity contribution >= 4 is 21.9 Å². The van der Waals surface area contributed by atoms with Crippen LogP contribution in [0.25, 0.3) is 0 Å². The highest BCUT2D eigenvalue weighted by atomic mass is 79.9. The molecule has 0 aliphatic heterocycles. The lowest BCUT2D eigenvalue weighted by molar-refractivity contribution is 0.609. The minimum atomic E-state index is -0.268. The number of halogens is 2. The molecule has 0 fully saturated rings. The van der Waals surface area contributed by atoms with E-state index in [1.807, 2.05) is 14.0 Å². The third kappa shape index (κ3) is 4.52. The van der Waals surface area contributed by atoms with Crippen molar-refractivity contribution in [1.82, 2.24) is 25.4 Å². The van der Waals surface area contributed by atoms with Gasteiger partial charge in [0.15, 0.2) is 5.96 Å². The summed E-state index contributed by atoms with van der Waals surface area (Å²) >= 11 is 3.33. The van der Waals surface area contributed by atoms with Crippen molar-refractivity contribution < 1.29 is 4.39 Å². The lowest BCUT2D eigenvalue weighted by Gasteiger charge is -2.11. The maximum atomic E-state index is 13.7. The number of nitrogens with zero attached hydrogens (tertiary/aromatic N) is 4. The van der Waals surface area contributed by atoms with Crippen LogP contribution in [0.15, 0.2) is 34.0 Å². The van der Waals surface area contributed by atoms with E-state index in [0.29, 0.717) is 24.6 Å². The first-order chi connectivity index (χ1) is 10.6. The lowest BCUT2D eigenvalue weighted by Crippen LogP contribution is -2.37. The minimum Gasteiger partial charge on any atom is -0.357 e. The van der Waals surface area contributed by atoms with Crippen molar-refractivity contribution in [3.63, 3.8) is 0 Å². The average molecular weight is 369 g/mol. The molecule has 0 saturated carbocycles. The Labute approximate surface area is 137 Å². The van der Waals surface area contributed by atoms with E-state index < -0.39 is 0 Å². The van der Waals surface area contributed by atoms with Crippen molar-refractivity contribution in [2.75, 3.05) is 6.54 Å². The summed E-state index contributed by atoms with van der Waals surface area (Å²) < 4.78 is 16.2. The molecule has 8 heteroatoms. The minimum absolute atomic E-state index is 0.249. The van der Waals surface area contributed by atoms with E-state index in [0.717, 1.165) is 10.3 Å². The monoisotopic (exact) mass is 368 g/mol. The van der Waals surface area contributed by atoms with Gasteiger partial charge in [-0.1, -0.05) is 15.9 Å². The Bertz CT molecular complexity index is 655. The molecule has 1 aromatic heterocycles. The molecule has 118 valence electrons. The molecule has 0 spiro atoms. The first kappa shape index (κ1) is 16.4. The first-order valence-electron chi connectivity index (χ1n) is 6.89. The van der Waals surface area contributed by atoms with Gasteiger partial charge in [-0.25, -0.2) is 14.4 Å². The van der Waals surface area contributed by atoms with E-state index in [1.54, 1.807) is 16.8 Å². The zero-order valence-corrected chi connectivity index (χ0v) is 14.1. The second kappa shape index (κ2) is 7.88. The van der Waals surface area contributed by atoms with Gasteiger partial charge >= 0.3 is 0 Å². The van der Waals surface area contributed by atoms with Gasteiger partial charge in [-0.2, -0.15) is 5.10 Å². The van der Waals surface area contributed by atoms with Gasteiger partial charge in [-0.05, 0) is 25.1 Å². The van der Waals surface area contributed by atoms with Gasteiger partial charge in [0.25, 0.3) is 0 Å². The van der Waals surface area contributed by atoms with Crippen LogP contribution >= 0.6 is 15.9 Å². The van der Waals surface area contributed by atoms with Crippen LogP contribution < -0.4 is 10.6 Å². The van der Waals surface area contributed by atoms with Gasteiger partial charge in [0.05, 0.1) is 13.1 Å². The normalized spacial score (nSPS) is 11.5. The number of rotatable bonds is 5. The molecule has 1 heterocycles. The summed E-state index contributed by atoms with van der Waals surface area (Å²) in [5.41, 5.74) is 0.533. The van der Waals surface area contributed by atoms with Gasteiger partial charge in [0.1, 0.15) is 18.0 Å². The third-order valence-electron chi connectivity index (χ3n) is 2.98. The largest absolute Gasteiger partial charge is 0.357 e. The lowest BCUT2D eigenvalue weighted by atomic mass is 10.2. The average Bonchev–Trinajstić information content (AvgIpc) is 2.90. The standard InChI is InChI=1S/C14H18BrFN6/c1-3-17-14(19-8-13-20-9-21-22(13)2)18-7-10-6-11(15)4-5-12(10)16/h4-6,9H,3,7-8H2,1-2H3,(H2,17,18,19). The Morgan fingerprint density at radius 2 is 2.23 bits per heavy atom. The molecule has 2 aromatic rings. The zero-order valence-electron chi connectivity index (χ0n) is 12.5. The van der Waals surface area contributed by atoms with Crippen molar-refractivity contribution in [2.45, 2.75) is 20.0 Å². The number of nitrogens with one attached hydrogen (secondary N) is 2. The predicted octanol–water partition coefficient (Wildman–Crippen LogP) is 1.97. The Morgan fingerprint density at radius 1 is 1.41 bits per heavy atom. The summed E-state index contributed by atoms with van der Waals surface area (Å²) in [6, 6.07) is 4.82. The fourth-order valence-corrected chi connectivity index (χ4v) is 2.22. The van der Waals surface area contributed by atoms with Crippen LogP contribution in [0.5, 0.6) is 0 Å². The highest BCUT2D eigenvalue weighted by Gasteiger charge is 2.05.